The number of hydrogen-bond acceptors (Lipinski definition) is 20. The van der Waals surface area contributed by atoms with Gasteiger partial charge in [-0.15, -0.1) is 0 Å². The Morgan fingerprint density at radius 1 is 0.388 bits per heavy atom. The fourth-order valence-electron chi connectivity index (χ4n) is 14.5. The maximum Gasteiger partial charge on any atom is 0.408 e. The predicted molar refractivity (Wildman–Crippen MR) is 511 cm³/mol. The fraction of sp³-hybridized carbons (Fsp3) is 0.455. The number of benzene rings is 7. The second kappa shape index (κ2) is 50.3. The summed E-state index contributed by atoms with van der Waals surface area (Å²) in [5.74, 6) is -5.50. The van der Waals surface area contributed by atoms with Crippen molar-refractivity contribution in [3.63, 3.8) is 0 Å². The van der Waals surface area contributed by atoms with Gasteiger partial charge in [0.2, 0.25) is 49.0 Å². The molecule has 9 amide bonds. The summed E-state index contributed by atoms with van der Waals surface area (Å²) in [7, 11) is 3.81. The van der Waals surface area contributed by atoms with Crippen molar-refractivity contribution in [2.45, 2.75) is 251 Å². The summed E-state index contributed by atoms with van der Waals surface area (Å²) in [6.07, 6.45) is 1.03. The van der Waals surface area contributed by atoms with Crippen LogP contribution in [0.1, 0.15) is 154 Å². The Morgan fingerprint density at radius 2 is 0.649 bits per heavy atom. The zero-order chi connectivity index (χ0) is 99.9. The summed E-state index contributed by atoms with van der Waals surface area (Å²) in [4.78, 5) is 180. The van der Waals surface area contributed by atoms with Crippen LogP contribution in [0.3, 0.4) is 0 Å². The Morgan fingerprint density at radius 3 is 0.910 bits per heavy atom. The van der Waals surface area contributed by atoms with E-state index < -0.39 is 145 Å². The molecule has 0 saturated carbocycles. The number of carboxylic acids is 2. The third-order valence-electron chi connectivity index (χ3n) is 22.0. The smallest absolute Gasteiger partial charge is 0.408 e. The van der Waals surface area contributed by atoms with Crippen LogP contribution in [0.5, 0.6) is 17.2 Å². The number of alkyl carbamates (subject to hydrolysis) is 3. The van der Waals surface area contributed by atoms with Gasteiger partial charge < -0.3 is 89.5 Å². The number of nitrogens with zero attached hydrogens (tertiary/aromatic N) is 6. The molecule has 9 atom stereocenters. The van der Waals surface area contributed by atoms with Crippen molar-refractivity contribution in [1.29, 1.82) is 0 Å². The average molecular weight is 1890 g/mol. The lowest BCUT2D eigenvalue weighted by molar-refractivity contribution is -0.154. The monoisotopic (exact) mass is 1890 g/mol. The number of aromatic hydroxyl groups is 3. The number of aliphatic carboxylic acids is 2. The fourth-order valence-corrected chi connectivity index (χ4v) is 15.4. The first-order chi connectivity index (χ1) is 62.6. The molecule has 7 aromatic carbocycles. The summed E-state index contributed by atoms with van der Waals surface area (Å²) in [5, 5.41) is 55.3. The normalized spacial score (nSPS) is 15.2. The highest BCUT2D eigenvalue weighted by Crippen LogP contribution is 2.30. The molecule has 2 fully saturated rings. The number of phenols is 3. The summed E-state index contributed by atoms with van der Waals surface area (Å²) in [5.41, 5.74) is 2.43. The van der Waals surface area contributed by atoms with Crippen LogP contribution in [0.4, 0.5) is 14.4 Å². The van der Waals surface area contributed by atoms with Crippen LogP contribution in [0.2, 0.25) is 19.6 Å². The highest BCUT2D eigenvalue weighted by molar-refractivity contribution is 6.71. The van der Waals surface area contributed by atoms with E-state index >= 15 is 0 Å². The lowest BCUT2D eigenvalue weighted by atomic mass is 9.92. The van der Waals surface area contributed by atoms with Gasteiger partial charge in [0.1, 0.15) is 88.4 Å². The Labute approximate surface area is 792 Å². The molecule has 0 spiro atoms. The summed E-state index contributed by atoms with van der Waals surface area (Å²) >= 11 is 5.23. The summed E-state index contributed by atoms with van der Waals surface area (Å²) < 4.78 is 21.8. The third kappa shape index (κ3) is 36.3. The first-order valence-electron chi connectivity index (χ1n) is 44.7. The number of amides is 9. The molecule has 726 valence electrons. The average Bonchev–Trinajstić information content (AvgIpc) is 1.36. The van der Waals surface area contributed by atoms with Gasteiger partial charge in [-0.1, -0.05) is 178 Å². The van der Waals surface area contributed by atoms with E-state index in [2.05, 4.69) is 16.0 Å². The second-order valence-electron chi connectivity index (χ2n) is 37.9. The number of halogens is 1. The Balaban J connectivity index is 0.000000321. The van der Waals surface area contributed by atoms with Gasteiger partial charge in [0.15, 0.2) is 0 Å². The molecule has 0 aliphatic carbocycles. The minimum Gasteiger partial charge on any atom is -0.518 e. The third-order valence-corrected chi connectivity index (χ3v) is 23.4. The molecule has 2 heterocycles. The molecule has 9 rings (SSSR count). The number of phenolic OH excluding ortho intramolecular Hbond substituents is 3. The first kappa shape index (κ1) is 110. The molecule has 2 aliphatic heterocycles. The van der Waals surface area contributed by atoms with Gasteiger partial charge in [0.05, 0.1) is 0 Å². The van der Waals surface area contributed by atoms with Crippen LogP contribution in [0, 0.1) is 5.41 Å². The standard InChI is InChI=1S/C42H56N4O8Si.C39H48N4O8.C14H19NO5.C6H11ClO/c1-42(2,3)53-41(52)43-33(26-31-21-23-32(47)24-22-31)37(48)44(4)35(27-29-16-11-9-12-17-29)38(49)45(5)36(28-30-18-13-10-14-19-30)39(50)46-25-15-20-34(46)40(51)54-55(6,7)8;1-39(2,3)51-38(50)40-30(23-28-18-20-29(44)21-19-28)34(45)41(4)32(24-26-13-8-6-9-14-26)35(46)42(5)33(25-27-15-10-7-11-16-27)36(47)43-22-12-17-31(43)37(48)49;1-14(2,3)20-13(19)15-11(12(17)18)8-9-4-6-10(16)7-5-9;1-4-6(2,3)5(7)8/h9-14,16-19,21-24,33-36,47H,15,20,25-28H2,1-8H3,(H,43,52);6-11,13-16,18-21,30-33,44H,12,17,22-25H2,1-5H3,(H,40,50)(H,48,49);4-7,11,16H,8H2,1-3H3,(H,15,19)(H,17,18);4H2,1-3H3/t33-,34-,35-,36+;30-,31-,32-,33-;11-;/m000./s1. The number of carboxylic acid groups (broad SMARTS) is 2. The molecule has 8 N–H and O–H groups in total. The van der Waals surface area contributed by atoms with Crippen molar-refractivity contribution in [2.24, 2.45) is 5.41 Å². The Bertz CT molecular complexity index is 5050. The van der Waals surface area contributed by atoms with Gasteiger partial charge in [-0.3, -0.25) is 38.4 Å². The molecular formula is C101H134ClN9O22Si. The van der Waals surface area contributed by atoms with Gasteiger partial charge in [-0.05, 0) is 201 Å². The number of ether oxygens (including phenoxy) is 3. The minimum absolute atomic E-state index is 0.0332. The predicted octanol–water partition coefficient (Wildman–Crippen LogP) is 13.5. The lowest BCUT2D eigenvalue weighted by Gasteiger charge is -2.38. The van der Waals surface area contributed by atoms with Gasteiger partial charge in [-0.25, -0.2) is 24.0 Å². The van der Waals surface area contributed by atoms with E-state index in [0.717, 1.165) is 28.7 Å². The number of likely N-dealkylation sites (N-methyl/N-ethyl adjacent to an activating group) is 4. The molecule has 31 nitrogen and oxygen atoms in total. The molecule has 134 heavy (non-hydrogen) atoms. The van der Waals surface area contributed by atoms with E-state index in [-0.39, 0.29) is 85.3 Å². The molecule has 2 aliphatic rings. The van der Waals surface area contributed by atoms with Gasteiger partial charge in [0, 0.05) is 91.6 Å². The van der Waals surface area contributed by atoms with E-state index in [1.54, 1.807) is 111 Å². The quantitative estimate of drug-likeness (QED) is 0.0108. The van der Waals surface area contributed by atoms with E-state index in [9.17, 15) is 77.6 Å². The topological polar surface area (TPSA) is 416 Å². The SMILES string of the molecule is CC(C)(C)OC(=O)N[C@@H](Cc1ccc(O)cc1)C(=O)O.CCC(C)(C)C(=O)Cl.CN(C(=O)[C@H](Cc1ccc(O)cc1)NC(=O)OC(C)(C)C)[C@@H](Cc1ccccc1)C(=O)N(C)[C@@H](Cc1ccccc1)C(=O)N1CCC[C@H]1C(=O)O.CN(C(=O)[C@H](Cc1ccccc1)N(C)C(=O)[C@H](Cc1ccc(O)cc1)NC(=O)OC(C)(C)C)[C@H](Cc1ccccc1)C(=O)N1CCC[C@H]1C(=O)O[Si](C)(C)C. The van der Waals surface area contributed by atoms with Crippen molar-refractivity contribution in [3.8, 4) is 17.2 Å². The van der Waals surface area contributed by atoms with Crippen LogP contribution in [-0.4, -0.2) is 253 Å². The van der Waals surface area contributed by atoms with E-state index in [1.807, 2.05) is 162 Å². The number of carbonyl (C=O) groups is 13. The van der Waals surface area contributed by atoms with Crippen molar-refractivity contribution >= 4 is 96.8 Å². The zero-order valence-corrected chi connectivity index (χ0v) is 82.1. The number of hydrogen-bond donors (Lipinski definition) is 8. The van der Waals surface area contributed by atoms with Crippen LogP contribution in [0.15, 0.2) is 194 Å². The Kier molecular flexibility index (Phi) is 41.3. The highest BCUT2D eigenvalue weighted by Gasteiger charge is 2.46. The van der Waals surface area contributed by atoms with Crippen LogP contribution >= 0.6 is 11.6 Å². The molecule has 0 aromatic heterocycles. The van der Waals surface area contributed by atoms with Crippen LogP contribution in [-0.2, 0) is 112 Å². The van der Waals surface area contributed by atoms with E-state index in [4.69, 9.17) is 40.5 Å². The molecule has 33 heteroatoms. The maximum atomic E-state index is 14.9. The lowest BCUT2D eigenvalue weighted by Crippen LogP contribution is -2.60. The summed E-state index contributed by atoms with van der Waals surface area (Å²) in [6, 6.07) is 46.1. The minimum atomic E-state index is -2.25. The van der Waals surface area contributed by atoms with Crippen molar-refractivity contribution in [3.05, 3.63) is 233 Å². The van der Waals surface area contributed by atoms with Crippen molar-refractivity contribution < 1.29 is 106 Å². The molecule has 0 bridgehead atoms. The highest BCUT2D eigenvalue weighted by atomic mass is 35.5. The van der Waals surface area contributed by atoms with E-state index in [0.29, 0.717) is 48.9 Å². The zero-order valence-electron chi connectivity index (χ0n) is 80.3. The molecular weight excluding hydrogens is 1750 g/mol. The first-order valence-corrected chi connectivity index (χ1v) is 48.5. The maximum absolute atomic E-state index is 14.9. The number of likely N-dealkylation sites (tertiary alicyclic amines) is 2. The number of carbonyl (C=O) groups excluding carboxylic acids is 11. The molecule has 0 radical (unpaired) electrons. The summed E-state index contributed by atoms with van der Waals surface area (Å²) in [6.45, 7) is 27.3. The van der Waals surface area contributed by atoms with Crippen LogP contribution in [0.25, 0.3) is 0 Å². The van der Waals surface area contributed by atoms with Crippen molar-refractivity contribution in [2.75, 3.05) is 41.3 Å². The largest absolute Gasteiger partial charge is 0.518 e. The molecule has 0 unspecified atom stereocenters. The van der Waals surface area contributed by atoms with Crippen LogP contribution < -0.4 is 16.0 Å². The van der Waals surface area contributed by atoms with Gasteiger partial charge >= 0.3 is 36.2 Å². The molecule has 7 aromatic rings. The number of rotatable bonds is 33. The molecule has 2 saturated heterocycles. The van der Waals surface area contributed by atoms with Gasteiger partial charge in [0.25, 0.3) is 0 Å². The second-order valence-corrected chi connectivity index (χ2v) is 42.7. The number of nitrogens with one attached hydrogen (secondary N) is 3. The van der Waals surface area contributed by atoms with Crippen molar-refractivity contribution in [1.82, 2.24) is 45.3 Å². The van der Waals surface area contributed by atoms with E-state index in [1.165, 1.54) is 82.0 Å². The Hall–Kier alpha value is -12.8. The van der Waals surface area contributed by atoms with Gasteiger partial charge in [-0.2, -0.15) is 0 Å².